The highest BCUT2D eigenvalue weighted by Gasteiger charge is 2.03. The van der Waals surface area contributed by atoms with E-state index in [-0.39, 0.29) is 5.91 Å². The van der Waals surface area contributed by atoms with Crippen molar-refractivity contribution in [2.75, 3.05) is 6.54 Å². The van der Waals surface area contributed by atoms with E-state index in [2.05, 4.69) is 28.8 Å². The molecule has 0 bridgehead atoms. The van der Waals surface area contributed by atoms with E-state index in [1.807, 2.05) is 22.3 Å². The Kier molecular flexibility index (Phi) is 5.15. The number of carbonyl (C=O) groups is 1. The number of thiophene rings is 1. The first-order valence-electron chi connectivity index (χ1n) is 6.62. The first-order chi connectivity index (χ1) is 9.29. The van der Waals surface area contributed by atoms with Crippen molar-refractivity contribution in [1.82, 2.24) is 15.1 Å². The summed E-state index contributed by atoms with van der Waals surface area (Å²) in [6.07, 6.45) is 4.58. The molecule has 2 heterocycles. The molecule has 0 aromatic carbocycles. The molecule has 0 aliphatic heterocycles. The number of hydrogen-bond acceptors (Lipinski definition) is 3. The minimum Gasteiger partial charge on any atom is -0.354 e. The van der Waals surface area contributed by atoms with Crippen molar-refractivity contribution in [3.63, 3.8) is 0 Å². The van der Waals surface area contributed by atoms with Gasteiger partial charge in [0.25, 0.3) is 0 Å². The maximum Gasteiger partial charge on any atom is 0.220 e. The summed E-state index contributed by atoms with van der Waals surface area (Å²) in [5.74, 6) is 0.132. The van der Waals surface area contributed by atoms with Crippen LogP contribution in [0.5, 0.6) is 0 Å². The molecular weight excluding hydrogens is 258 g/mol. The van der Waals surface area contributed by atoms with E-state index in [0.717, 1.165) is 24.1 Å². The third kappa shape index (κ3) is 4.21. The Morgan fingerprint density at radius 3 is 3.11 bits per heavy atom. The van der Waals surface area contributed by atoms with Gasteiger partial charge < -0.3 is 5.32 Å². The normalized spacial score (nSPS) is 10.6. The Labute approximate surface area is 117 Å². The molecule has 19 heavy (non-hydrogen) atoms. The molecule has 0 aliphatic carbocycles. The molecule has 0 atom stereocenters. The second kappa shape index (κ2) is 7.09. The lowest BCUT2D eigenvalue weighted by molar-refractivity contribution is -0.121. The summed E-state index contributed by atoms with van der Waals surface area (Å²) >= 11 is 1.67. The van der Waals surface area contributed by atoms with Crippen LogP contribution >= 0.6 is 11.3 Å². The van der Waals surface area contributed by atoms with Crippen LogP contribution in [-0.4, -0.2) is 22.2 Å². The number of nitrogens with zero attached hydrogens (tertiary/aromatic N) is 2. The Bertz CT molecular complexity index is 505. The summed E-state index contributed by atoms with van der Waals surface area (Å²) in [5.41, 5.74) is 2.13. The number of nitrogens with one attached hydrogen (secondary N) is 1. The van der Waals surface area contributed by atoms with E-state index >= 15 is 0 Å². The third-order valence-corrected chi connectivity index (χ3v) is 3.56. The summed E-state index contributed by atoms with van der Waals surface area (Å²) in [4.78, 5) is 11.4. The number of carbonyl (C=O) groups excluding carboxylic acids is 1. The van der Waals surface area contributed by atoms with Gasteiger partial charge in [0.05, 0.1) is 12.2 Å². The SMILES string of the molecule is CCCCC(=O)NCCn1ccc(-c2ccsc2)n1. The monoisotopic (exact) mass is 277 g/mol. The molecular formula is C14H19N3OS. The van der Waals surface area contributed by atoms with Crippen molar-refractivity contribution in [3.05, 3.63) is 29.1 Å². The average Bonchev–Trinajstić information content (AvgIpc) is 3.06. The minimum absolute atomic E-state index is 0.132. The smallest absolute Gasteiger partial charge is 0.220 e. The van der Waals surface area contributed by atoms with Crippen LogP contribution in [0.4, 0.5) is 0 Å². The van der Waals surface area contributed by atoms with Gasteiger partial charge in [0.1, 0.15) is 0 Å². The van der Waals surface area contributed by atoms with E-state index in [0.29, 0.717) is 19.5 Å². The molecule has 0 unspecified atom stereocenters. The van der Waals surface area contributed by atoms with Crippen LogP contribution in [-0.2, 0) is 11.3 Å². The van der Waals surface area contributed by atoms with Gasteiger partial charge in [-0.15, -0.1) is 0 Å². The molecule has 5 heteroatoms. The Balaban J connectivity index is 1.76. The summed E-state index contributed by atoms with van der Waals surface area (Å²) in [7, 11) is 0. The molecule has 0 spiro atoms. The van der Waals surface area contributed by atoms with Crippen molar-refractivity contribution in [2.24, 2.45) is 0 Å². The molecule has 2 aromatic rings. The zero-order valence-corrected chi connectivity index (χ0v) is 11.9. The highest BCUT2D eigenvalue weighted by molar-refractivity contribution is 7.08. The fraction of sp³-hybridized carbons (Fsp3) is 0.429. The number of amides is 1. The van der Waals surface area contributed by atoms with Gasteiger partial charge in [-0.05, 0) is 23.9 Å². The predicted molar refractivity (Wildman–Crippen MR) is 78.1 cm³/mol. The quantitative estimate of drug-likeness (QED) is 0.846. The summed E-state index contributed by atoms with van der Waals surface area (Å²) in [6, 6.07) is 4.06. The predicted octanol–water partition coefficient (Wildman–Crippen LogP) is 2.92. The van der Waals surface area contributed by atoms with Gasteiger partial charge in [-0.1, -0.05) is 13.3 Å². The summed E-state index contributed by atoms with van der Waals surface area (Å²) in [5, 5.41) is 11.5. The number of unbranched alkanes of at least 4 members (excludes halogenated alkanes) is 1. The molecule has 0 radical (unpaired) electrons. The first-order valence-corrected chi connectivity index (χ1v) is 7.56. The Morgan fingerprint density at radius 1 is 1.47 bits per heavy atom. The van der Waals surface area contributed by atoms with Gasteiger partial charge in [0.2, 0.25) is 5.91 Å². The van der Waals surface area contributed by atoms with Crippen LogP contribution in [0, 0.1) is 0 Å². The van der Waals surface area contributed by atoms with Gasteiger partial charge in [-0.25, -0.2) is 0 Å². The van der Waals surface area contributed by atoms with Crippen LogP contribution in [0.15, 0.2) is 29.1 Å². The largest absolute Gasteiger partial charge is 0.354 e. The summed E-state index contributed by atoms with van der Waals surface area (Å²) < 4.78 is 1.87. The van der Waals surface area contributed by atoms with Crippen molar-refractivity contribution in [1.29, 1.82) is 0 Å². The molecule has 0 aliphatic rings. The van der Waals surface area contributed by atoms with E-state index in [4.69, 9.17) is 0 Å². The number of aromatic nitrogens is 2. The van der Waals surface area contributed by atoms with Gasteiger partial charge in [-0.2, -0.15) is 16.4 Å². The van der Waals surface area contributed by atoms with E-state index in [1.54, 1.807) is 11.3 Å². The van der Waals surface area contributed by atoms with E-state index in [1.165, 1.54) is 0 Å². The van der Waals surface area contributed by atoms with Crippen molar-refractivity contribution >= 4 is 17.2 Å². The molecule has 1 N–H and O–H groups in total. The first kappa shape index (κ1) is 13.8. The lowest BCUT2D eigenvalue weighted by Crippen LogP contribution is -2.27. The van der Waals surface area contributed by atoms with Crippen molar-refractivity contribution in [2.45, 2.75) is 32.7 Å². The van der Waals surface area contributed by atoms with E-state index in [9.17, 15) is 4.79 Å². The van der Waals surface area contributed by atoms with Gasteiger partial charge in [0, 0.05) is 30.1 Å². The number of rotatable bonds is 7. The third-order valence-electron chi connectivity index (χ3n) is 2.88. The molecule has 4 nitrogen and oxygen atoms in total. The molecule has 0 fully saturated rings. The topological polar surface area (TPSA) is 46.9 Å². The van der Waals surface area contributed by atoms with Gasteiger partial charge in [-0.3, -0.25) is 9.48 Å². The van der Waals surface area contributed by atoms with Crippen LogP contribution < -0.4 is 5.32 Å². The Hall–Kier alpha value is -1.62. The van der Waals surface area contributed by atoms with Crippen LogP contribution in [0.3, 0.4) is 0 Å². The molecule has 1 amide bonds. The van der Waals surface area contributed by atoms with Crippen LogP contribution in [0.25, 0.3) is 11.3 Å². The molecule has 102 valence electrons. The van der Waals surface area contributed by atoms with Crippen molar-refractivity contribution in [3.8, 4) is 11.3 Å². The standard InChI is InChI=1S/C14H19N3OS/c1-2-3-4-14(18)15-7-9-17-8-5-13(16-17)12-6-10-19-11-12/h5-6,8,10-11H,2-4,7,9H2,1H3,(H,15,18). The maximum atomic E-state index is 11.4. The van der Waals surface area contributed by atoms with Gasteiger partial charge in [0.15, 0.2) is 0 Å². The molecule has 0 saturated carbocycles. The molecule has 0 saturated heterocycles. The zero-order chi connectivity index (χ0) is 13.5. The van der Waals surface area contributed by atoms with Crippen molar-refractivity contribution < 1.29 is 4.79 Å². The number of hydrogen-bond donors (Lipinski definition) is 1. The van der Waals surface area contributed by atoms with Crippen LogP contribution in [0.1, 0.15) is 26.2 Å². The molecule has 2 aromatic heterocycles. The second-order valence-corrected chi connectivity index (χ2v) is 5.21. The molecule has 2 rings (SSSR count). The Morgan fingerprint density at radius 2 is 2.37 bits per heavy atom. The maximum absolute atomic E-state index is 11.4. The fourth-order valence-corrected chi connectivity index (χ4v) is 2.44. The van der Waals surface area contributed by atoms with E-state index < -0.39 is 0 Å². The lowest BCUT2D eigenvalue weighted by Gasteiger charge is -2.04. The highest BCUT2D eigenvalue weighted by Crippen LogP contribution is 2.19. The fourth-order valence-electron chi connectivity index (χ4n) is 1.79. The lowest BCUT2D eigenvalue weighted by atomic mass is 10.2. The second-order valence-electron chi connectivity index (χ2n) is 4.43. The summed E-state index contributed by atoms with van der Waals surface area (Å²) in [6.45, 7) is 3.43. The average molecular weight is 277 g/mol. The highest BCUT2D eigenvalue weighted by atomic mass is 32.1. The van der Waals surface area contributed by atoms with Crippen LogP contribution in [0.2, 0.25) is 0 Å². The minimum atomic E-state index is 0.132. The van der Waals surface area contributed by atoms with Gasteiger partial charge >= 0.3 is 0 Å². The zero-order valence-electron chi connectivity index (χ0n) is 11.1.